The van der Waals surface area contributed by atoms with Gasteiger partial charge < -0.3 is 15.0 Å². The van der Waals surface area contributed by atoms with Crippen molar-refractivity contribution in [1.82, 2.24) is 15.1 Å². The summed E-state index contributed by atoms with van der Waals surface area (Å²) in [5.74, 6) is -0.658. The van der Waals surface area contributed by atoms with Gasteiger partial charge in [-0.05, 0) is 37.6 Å². The summed E-state index contributed by atoms with van der Waals surface area (Å²) in [7, 11) is 0. The maximum absolute atomic E-state index is 12.5. The summed E-state index contributed by atoms with van der Waals surface area (Å²) in [6.45, 7) is 4.98. The Morgan fingerprint density at radius 2 is 1.81 bits per heavy atom. The lowest BCUT2D eigenvalue weighted by Gasteiger charge is -2.22. The Balaban J connectivity index is 1.92. The number of hydrogen-bond donors (Lipinski definition) is 1. The summed E-state index contributed by atoms with van der Waals surface area (Å²) < 4.78 is 40.3. The number of ether oxygens (including phenoxy) is 1. The normalized spacial score (nSPS) is 16.1. The van der Waals surface area contributed by atoms with E-state index in [4.69, 9.17) is 0 Å². The smallest absolute Gasteiger partial charge is 0.406 e. The number of rotatable bonds is 5. The van der Waals surface area contributed by atoms with E-state index in [2.05, 4.69) is 10.1 Å². The molecule has 2 amide bonds. The van der Waals surface area contributed by atoms with E-state index in [1.54, 1.807) is 4.90 Å². The first-order valence-corrected chi connectivity index (χ1v) is 8.42. The molecule has 1 heterocycles. The van der Waals surface area contributed by atoms with Crippen LogP contribution in [0.25, 0.3) is 0 Å². The number of carbonyl (C=O) groups is 2. The Kier molecular flexibility index (Phi) is 6.84. The van der Waals surface area contributed by atoms with Crippen molar-refractivity contribution < 1.29 is 27.5 Å². The standard InChI is InChI=1S/C17H22F3N3O3/c1-2-21-15(24)12-22-8-3-9-23(11-10-22)16(25)13-4-6-14(7-5-13)26-17(18,19)20/h4-7H,2-3,8-12H2,1H3,(H,21,24). The van der Waals surface area contributed by atoms with Gasteiger partial charge in [0.15, 0.2) is 0 Å². The Hall–Kier alpha value is -2.29. The van der Waals surface area contributed by atoms with Gasteiger partial charge in [-0.3, -0.25) is 14.5 Å². The minimum absolute atomic E-state index is 0.0486. The molecule has 1 aliphatic heterocycles. The molecule has 9 heteroatoms. The van der Waals surface area contributed by atoms with E-state index < -0.39 is 6.36 Å². The molecule has 1 aromatic rings. The second-order valence-electron chi connectivity index (χ2n) is 5.95. The first kappa shape index (κ1) is 20.0. The highest BCUT2D eigenvalue weighted by atomic mass is 19.4. The molecule has 1 N–H and O–H groups in total. The third-order valence-corrected chi connectivity index (χ3v) is 3.95. The highest BCUT2D eigenvalue weighted by Crippen LogP contribution is 2.23. The van der Waals surface area contributed by atoms with E-state index >= 15 is 0 Å². The zero-order valence-corrected chi connectivity index (χ0v) is 14.5. The van der Waals surface area contributed by atoms with Crippen LogP contribution >= 0.6 is 0 Å². The quantitative estimate of drug-likeness (QED) is 0.856. The van der Waals surface area contributed by atoms with Crippen molar-refractivity contribution in [2.45, 2.75) is 19.7 Å². The lowest BCUT2D eigenvalue weighted by Crippen LogP contribution is -2.40. The highest BCUT2D eigenvalue weighted by molar-refractivity contribution is 5.94. The summed E-state index contributed by atoms with van der Waals surface area (Å²) in [4.78, 5) is 27.8. The molecule has 0 aliphatic carbocycles. The summed E-state index contributed by atoms with van der Waals surface area (Å²) in [6.07, 6.45) is -4.04. The van der Waals surface area contributed by atoms with Crippen LogP contribution in [0.5, 0.6) is 5.75 Å². The van der Waals surface area contributed by atoms with Crippen molar-refractivity contribution >= 4 is 11.8 Å². The molecule has 0 radical (unpaired) electrons. The number of amides is 2. The molecule has 1 aliphatic rings. The van der Waals surface area contributed by atoms with Crippen molar-refractivity contribution in [2.24, 2.45) is 0 Å². The van der Waals surface area contributed by atoms with Gasteiger partial charge in [0.05, 0.1) is 6.54 Å². The van der Waals surface area contributed by atoms with Gasteiger partial charge in [-0.15, -0.1) is 13.2 Å². The van der Waals surface area contributed by atoms with Gasteiger partial charge in [0, 0.05) is 38.3 Å². The zero-order chi connectivity index (χ0) is 19.2. The molecular formula is C17H22F3N3O3. The van der Waals surface area contributed by atoms with E-state index in [0.717, 1.165) is 18.6 Å². The Morgan fingerprint density at radius 3 is 2.42 bits per heavy atom. The summed E-state index contributed by atoms with van der Waals surface area (Å²) in [5.41, 5.74) is 0.303. The van der Waals surface area contributed by atoms with Gasteiger partial charge in [0.1, 0.15) is 5.75 Å². The predicted molar refractivity (Wildman–Crippen MR) is 88.8 cm³/mol. The van der Waals surface area contributed by atoms with E-state index in [0.29, 0.717) is 44.8 Å². The van der Waals surface area contributed by atoms with Crippen LogP contribution in [-0.2, 0) is 4.79 Å². The molecule has 6 nitrogen and oxygen atoms in total. The van der Waals surface area contributed by atoms with Crippen molar-refractivity contribution in [2.75, 3.05) is 39.3 Å². The number of benzene rings is 1. The lowest BCUT2D eigenvalue weighted by molar-refractivity contribution is -0.274. The minimum atomic E-state index is -4.76. The van der Waals surface area contributed by atoms with Crippen LogP contribution < -0.4 is 10.1 Å². The average Bonchev–Trinajstić information content (AvgIpc) is 2.79. The summed E-state index contributed by atoms with van der Waals surface area (Å²) in [5, 5.41) is 2.74. The fraction of sp³-hybridized carbons (Fsp3) is 0.529. The highest BCUT2D eigenvalue weighted by Gasteiger charge is 2.31. The van der Waals surface area contributed by atoms with E-state index in [1.165, 1.54) is 12.1 Å². The molecule has 0 bridgehead atoms. The molecule has 2 rings (SSSR count). The molecule has 1 fully saturated rings. The van der Waals surface area contributed by atoms with Crippen LogP contribution in [0.3, 0.4) is 0 Å². The zero-order valence-electron chi connectivity index (χ0n) is 14.5. The van der Waals surface area contributed by atoms with Crippen LogP contribution in [0.1, 0.15) is 23.7 Å². The number of carbonyl (C=O) groups excluding carboxylic acids is 2. The number of halogens is 3. The Morgan fingerprint density at radius 1 is 1.12 bits per heavy atom. The number of alkyl halides is 3. The fourth-order valence-electron chi connectivity index (χ4n) is 2.77. The molecule has 0 saturated carbocycles. The molecule has 0 spiro atoms. The fourth-order valence-corrected chi connectivity index (χ4v) is 2.77. The first-order valence-electron chi connectivity index (χ1n) is 8.42. The number of hydrogen-bond acceptors (Lipinski definition) is 4. The van der Waals surface area contributed by atoms with Gasteiger partial charge in [0.25, 0.3) is 5.91 Å². The molecule has 1 saturated heterocycles. The minimum Gasteiger partial charge on any atom is -0.406 e. The van der Waals surface area contributed by atoms with Crippen LogP contribution in [0.15, 0.2) is 24.3 Å². The number of nitrogens with one attached hydrogen (secondary N) is 1. The van der Waals surface area contributed by atoms with E-state index in [-0.39, 0.29) is 17.6 Å². The number of nitrogens with zero attached hydrogens (tertiary/aromatic N) is 2. The van der Waals surface area contributed by atoms with Crippen LogP contribution in [0, 0.1) is 0 Å². The second-order valence-corrected chi connectivity index (χ2v) is 5.95. The third-order valence-electron chi connectivity index (χ3n) is 3.95. The summed E-state index contributed by atoms with van der Waals surface area (Å²) >= 11 is 0. The molecule has 0 aromatic heterocycles. The second kappa shape index (κ2) is 8.88. The SMILES string of the molecule is CCNC(=O)CN1CCCN(C(=O)c2ccc(OC(F)(F)F)cc2)CC1. The van der Waals surface area contributed by atoms with Gasteiger partial charge in [0.2, 0.25) is 5.91 Å². The van der Waals surface area contributed by atoms with Crippen LogP contribution in [0.2, 0.25) is 0 Å². The van der Waals surface area contributed by atoms with Gasteiger partial charge in [-0.1, -0.05) is 0 Å². The molecule has 26 heavy (non-hydrogen) atoms. The van der Waals surface area contributed by atoms with Gasteiger partial charge in [-0.25, -0.2) is 0 Å². The maximum Gasteiger partial charge on any atom is 0.573 e. The number of likely N-dealkylation sites (N-methyl/N-ethyl adjacent to an activating group) is 1. The van der Waals surface area contributed by atoms with Gasteiger partial charge >= 0.3 is 6.36 Å². The maximum atomic E-state index is 12.5. The molecular weight excluding hydrogens is 351 g/mol. The Bertz CT molecular complexity index is 620. The lowest BCUT2D eigenvalue weighted by atomic mass is 10.2. The Labute approximate surface area is 149 Å². The predicted octanol–water partition coefficient (Wildman–Crippen LogP) is 1.87. The largest absolute Gasteiger partial charge is 0.573 e. The molecule has 144 valence electrons. The van der Waals surface area contributed by atoms with Crippen molar-refractivity contribution in [3.05, 3.63) is 29.8 Å². The average molecular weight is 373 g/mol. The summed E-state index contributed by atoms with van der Waals surface area (Å²) in [6, 6.07) is 4.89. The van der Waals surface area contributed by atoms with Crippen molar-refractivity contribution in [3.8, 4) is 5.75 Å². The van der Waals surface area contributed by atoms with Crippen molar-refractivity contribution in [1.29, 1.82) is 0 Å². The monoisotopic (exact) mass is 373 g/mol. The van der Waals surface area contributed by atoms with Crippen LogP contribution in [-0.4, -0.2) is 67.2 Å². The molecule has 1 aromatic carbocycles. The third kappa shape index (κ3) is 6.21. The van der Waals surface area contributed by atoms with Crippen molar-refractivity contribution in [3.63, 3.8) is 0 Å². The topological polar surface area (TPSA) is 61.9 Å². The van der Waals surface area contributed by atoms with Gasteiger partial charge in [-0.2, -0.15) is 0 Å². The van der Waals surface area contributed by atoms with E-state index in [9.17, 15) is 22.8 Å². The van der Waals surface area contributed by atoms with Crippen LogP contribution in [0.4, 0.5) is 13.2 Å². The van der Waals surface area contributed by atoms with E-state index in [1.807, 2.05) is 11.8 Å². The molecule has 0 atom stereocenters. The first-order chi connectivity index (χ1) is 12.3. The molecule has 0 unspecified atom stereocenters.